The van der Waals surface area contributed by atoms with Crippen LogP contribution in [0.4, 0.5) is 10.2 Å². The van der Waals surface area contributed by atoms with Gasteiger partial charge in [-0.2, -0.15) is 9.37 Å². The van der Waals surface area contributed by atoms with Gasteiger partial charge in [0, 0.05) is 17.1 Å². The molecule has 2 aromatic rings. The fourth-order valence-corrected chi connectivity index (χ4v) is 8.38. The summed E-state index contributed by atoms with van der Waals surface area (Å²) in [4.78, 5) is 35.5. The largest absolute Gasteiger partial charge is 0.508 e. The number of rotatable bonds is 11. The molecule has 0 radical (unpaired) electrons. The fourth-order valence-electron chi connectivity index (χ4n) is 6.93. The van der Waals surface area contributed by atoms with Gasteiger partial charge in [0.15, 0.2) is 37.0 Å². The van der Waals surface area contributed by atoms with Crippen LogP contribution in [-0.4, -0.2) is 72.9 Å². The number of Topliss-reactive ketones (excluding diaryl/α,β-unsaturated/α-hetero) is 2. The number of allylic oxidation sites excluding steroid dienone is 1. The number of aliphatic hydroxyl groups excluding tert-OH is 1. The summed E-state index contributed by atoms with van der Waals surface area (Å²) >= 11 is 0. The van der Waals surface area contributed by atoms with E-state index in [1.54, 1.807) is 0 Å². The van der Waals surface area contributed by atoms with Crippen molar-refractivity contribution in [1.29, 1.82) is 0 Å². The van der Waals surface area contributed by atoms with Crippen LogP contribution in [0.15, 0.2) is 15.9 Å². The van der Waals surface area contributed by atoms with Crippen LogP contribution in [0.3, 0.4) is 0 Å². The van der Waals surface area contributed by atoms with Crippen LogP contribution in [-0.2, 0) is 10.8 Å². The maximum atomic E-state index is 15.5. The van der Waals surface area contributed by atoms with E-state index >= 15 is 9.18 Å². The number of nitrogens with zero attached hydrogens (tertiary/aromatic N) is 3. The highest BCUT2D eigenvalue weighted by Crippen LogP contribution is 2.59. The van der Waals surface area contributed by atoms with E-state index in [2.05, 4.69) is 10.1 Å². The smallest absolute Gasteiger partial charge is 0.265 e. The summed E-state index contributed by atoms with van der Waals surface area (Å²) in [7, 11) is 0.846. The first kappa shape index (κ1) is 35.0. The zero-order valence-corrected chi connectivity index (χ0v) is 30.1. The van der Waals surface area contributed by atoms with E-state index in [0.29, 0.717) is 18.8 Å². The molecule has 4 atom stereocenters. The molecule has 3 N–H and O–H groups in total. The minimum absolute atomic E-state index is 0.00541. The van der Waals surface area contributed by atoms with E-state index in [1.807, 2.05) is 66.7 Å². The Balaban J connectivity index is 1.78. The number of anilines is 1. The van der Waals surface area contributed by atoms with E-state index in [4.69, 9.17) is 24.2 Å². The first-order valence-corrected chi connectivity index (χ1v) is 19.6. The maximum Gasteiger partial charge on any atom is 0.265 e. The van der Waals surface area contributed by atoms with Gasteiger partial charge in [-0.3, -0.25) is 14.5 Å². The number of carbonyl (C=O) groups excluding carboxylic acids is 2. The van der Waals surface area contributed by atoms with Crippen LogP contribution in [0.1, 0.15) is 105 Å². The molecule has 3 aliphatic carbocycles. The molecule has 0 saturated heterocycles. The highest BCUT2D eigenvalue weighted by Gasteiger charge is 2.67. The number of carbonyl (C=O) groups is 2. The van der Waals surface area contributed by atoms with Crippen molar-refractivity contribution >= 4 is 25.7 Å². The minimum Gasteiger partial charge on any atom is -0.508 e. The van der Waals surface area contributed by atoms with Crippen molar-refractivity contribution in [2.75, 3.05) is 33.0 Å². The van der Waals surface area contributed by atoms with Gasteiger partial charge in [-0.25, -0.2) is 0 Å². The topological polar surface area (TPSA) is 150 Å². The third-order valence-corrected chi connectivity index (χ3v) is 14.8. The number of pyridine rings is 1. The van der Waals surface area contributed by atoms with Crippen molar-refractivity contribution in [3.63, 3.8) is 0 Å². The minimum atomic E-state index is -2.86. The second-order valence-corrected chi connectivity index (χ2v) is 19.5. The second kappa shape index (κ2) is 12.6. The summed E-state index contributed by atoms with van der Waals surface area (Å²) in [6.45, 7) is 14.7. The lowest BCUT2D eigenvalue weighted by Gasteiger charge is -2.55. The first-order chi connectivity index (χ1) is 22.0. The zero-order chi connectivity index (χ0) is 34.6. The lowest BCUT2D eigenvalue weighted by molar-refractivity contribution is -0.0481. The molecule has 0 bridgehead atoms. The van der Waals surface area contributed by atoms with E-state index in [-0.39, 0.29) is 64.2 Å². The predicted molar refractivity (Wildman–Crippen MR) is 177 cm³/mol. The average Bonchev–Trinajstić information content (AvgIpc) is 3.39. The number of hydrogen-bond acceptors (Lipinski definition) is 11. The highest BCUT2D eigenvalue weighted by atomic mass is 28.4. The molecule has 0 saturated carbocycles. The number of fused-ring (bicyclic) bond motifs is 4. The number of ether oxygens (including phenoxy) is 2. The third kappa shape index (κ3) is 5.57. The van der Waals surface area contributed by atoms with Crippen molar-refractivity contribution in [3.8, 4) is 11.6 Å². The third-order valence-electron chi connectivity index (χ3n) is 10.4. The van der Waals surface area contributed by atoms with Crippen LogP contribution < -0.4 is 15.2 Å². The normalized spacial score (nSPS) is 24.2. The Bertz CT molecular complexity index is 1600. The molecular formula is C34H49FN4O7Si. The molecule has 5 rings (SSSR count). The molecule has 0 aliphatic heterocycles. The van der Waals surface area contributed by atoms with Crippen molar-refractivity contribution in [1.82, 2.24) is 15.0 Å². The molecule has 0 spiro atoms. The summed E-state index contributed by atoms with van der Waals surface area (Å²) in [6.07, 6.45) is 3.40. The summed E-state index contributed by atoms with van der Waals surface area (Å²) < 4.78 is 40.4. The summed E-state index contributed by atoms with van der Waals surface area (Å²) in [6, 6.07) is -0.592. The SMILES string of the molecule is CCCCOc1noc2c1C(=O)[C@@]1(O[Si](C)(C)C(C)(C)C)C(O)=C3C(=O)c4c(c(F)nc(N)c4OCCCC)C[C@H]3C[C@H]1[C@@H]2N(C)C. The molecule has 47 heavy (non-hydrogen) atoms. The Hall–Kier alpha value is -3.29. The Kier molecular flexibility index (Phi) is 9.41. The van der Waals surface area contributed by atoms with Crippen LogP contribution >= 0.6 is 0 Å². The number of aromatic nitrogens is 2. The van der Waals surface area contributed by atoms with E-state index in [0.717, 1.165) is 19.3 Å². The number of halogens is 1. The number of hydrogen-bond donors (Lipinski definition) is 2. The van der Waals surface area contributed by atoms with E-state index in [1.165, 1.54) is 0 Å². The van der Waals surface area contributed by atoms with Crippen LogP contribution in [0.5, 0.6) is 11.6 Å². The molecule has 0 unspecified atom stereocenters. The van der Waals surface area contributed by atoms with Crippen LogP contribution in [0, 0.1) is 17.8 Å². The Labute approximate surface area is 277 Å². The van der Waals surface area contributed by atoms with Gasteiger partial charge in [-0.1, -0.05) is 47.5 Å². The van der Waals surface area contributed by atoms with Gasteiger partial charge in [-0.05, 0) is 69.0 Å². The summed E-state index contributed by atoms with van der Waals surface area (Å²) in [5, 5.41) is 16.4. The van der Waals surface area contributed by atoms with Gasteiger partial charge in [0.1, 0.15) is 11.3 Å². The molecule has 0 amide bonds. The van der Waals surface area contributed by atoms with Crippen LogP contribution in [0.25, 0.3) is 0 Å². The molecule has 3 aliphatic rings. The van der Waals surface area contributed by atoms with E-state index < -0.39 is 55.1 Å². The first-order valence-electron chi connectivity index (χ1n) is 16.7. The zero-order valence-electron chi connectivity index (χ0n) is 29.1. The second-order valence-electron chi connectivity index (χ2n) is 14.8. The fraction of sp³-hybridized carbons (Fsp3) is 0.647. The van der Waals surface area contributed by atoms with Crippen molar-refractivity contribution in [2.24, 2.45) is 11.8 Å². The van der Waals surface area contributed by atoms with Crippen molar-refractivity contribution < 1.29 is 37.5 Å². The average molecular weight is 673 g/mol. The number of nitrogen functional groups attached to an aromatic ring is 1. The summed E-state index contributed by atoms with van der Waals surface area (Å²) in [5.74, 6) is -3.76. The van der Waals surface area contributed by atoms with Gasteiger partial charge in [0.05, 0.1) is 24.8 Å². The Morgan fingerprint density at radius 3 is 2.34 bits per heavy atom. The molecule has 258 valence electrons. The predicted octanol–water partition coefficient (Wildman–Crippen LogP) is 6.60. The maximum absolute atomic E-state index is 15.5. The van der Waals surface area contributed by atoms with Gasteiger partial charge >= 0.3 is 0 Å². The standard InChI is InChI=1S/C34H49FN4O7Si/c1-10-12-14-43-27-22-19(30(35)37-31(27)36)16-18-17-20-24(39(6)7)26-23(32(38-45-26)44-15-13-11-2)29(42)34(20,28(41)21(18)25(22)40)46-47(8,9)33(3,4)5/h18,20,24,41H,10-17H2,1-9H3,(H2,36,37)/t18-,20-,24-,34-/m0/s1. The lowest BCUT2D eigenvalue weighted by atomic mass is 9.58. The molecular weight excluding hydrogens is 623 g/mol. The van der Waals surface area contributed by atoms with Crippen molar-refractivity contribution in [3.05, 3.63) is 39.7 Å². The molecule has 2 heterocycles. The number of unbranched alkanes of at least 4 members (excludes halogenated alkanes) is 2. The Morgan fingerprint density at radius 1 is 1.11 bits per heavy atom. The van der Waals surface area contributed by atoms with Gasteiger partial charge in [-0.15, -0.1) is 0 Å². The molecule has 0 fully saturated rings. The van der Waals surface area contributed by atoms with Gasteiger partial charge < -0.3 is 29.3 Å². The quantitative estimate of drug-likeness (QED) is 0.151. The molecule has 0 aromatic carbocycles. The Morgan fingerprint density at radius 2 is 1.74 bits per heavy atom. The van der Waals surface area contributed by atoms with Gasteiger partial charge in [0.25, 0.3) is 5.88 Å². The van der Waals surface area contributed by atoms with E-state index in [9.17, 15) is 9.90 Å². The lowest BCUT2D eigenvalue weighted by Crippen LogP contribution is -2.65. The van der Waals surface area contributed by atoms with Crippen LogP contribution in [0.2, 0.25) is 18.1 Å². The summed E-state index contributed by atoms with van der Waals surface area (Å²) in [5.41, 5.74) is 4.30. The van der Waals surface area contributed by atoms with Crippen molar-refractivity contribution in [2.45, 2.75) is 103 Å². The molecule has 13 heteroatoms. The number of ketones is 2. The van der Waals surface area contributed by atoms with Gasteiger partial charge in [0.2, 0.25) is 11.7 Å². The number of aliphatic hydroxyl groups is 1. The monoisotopic (exact) mass is 672 g/mol. The molecule has 2 aromatic heterocycles. The molecule has 11 nitrogen and oxygen atoms in total. The number of nitrogens with two attached hydrogens (primary N) is 1. The highest BCUT2D eigenvalue weighted by molar-refractivity contribution is 6.74.